The van der Waals surface area contributed by atoms with Crippen molar-refractivity contribution in [2.24, 2.45) is 0 Å². The highest BCUT2D eigenvalue weighted by Crippen LogP contribution is 2.31. The topological polar surface area (TPSA) is 46.6 Å². The minimum Gasteiger partial charge on any atom is -0.466 e. The first kappa shape index (κ1) is 14.1. The van der Waals surface area contributed by atoms with Gasteiger partial charge in [0.05, 0.1) is 13.0 Å². The van der Waals surface area contributed by atoms with Crippen molar-refractivity contribution in [2.45, 2.75) is 26.2 Å². The number of amides is 1. The predicted molar refractivity (Wildman–Crippen MR) is 76.1 cm³/mol. The summed E-state index contributed by atoms with van der Waals surface area (Å²) in [5, 5.41) is 0. The van der Waals surface area contributed by atoms with E-state index in [0.717, 1.165) is 16.6 Å². The first-order valence-electron chi connectivity index (χ1n) is 6.36. The van der Waals surface area contributed by atoms with E-state index in [9.17, 15) is 9.59 Å². The van der Waals surface area contributed by atoms with Crippen LogP contribution in [-0.4, -0.2) is 25.0 Å². The van der Waals surface area contributed by atoms with Gasteiger partial charge in [0.1, 0.15) is 0 Å². The number of ether oxygens (including phenoxy) is 1. The third-order valence-electron chi connectivity index (χ3n) is 3.09. The van der Waals surface area contributed by atoms with Gasteiger partial charge in [-0.3, -0.25) is 9.59 Å². The highest BCUT2D eigenvalue weighted by molar-refractivity contribution is 9.10. The Hall–Kier alpha value is -1.36. The van der Waals surface area contributed by atoms with Crippen molar-refractivity contribution in [3.05, 3.63) is 28.2 Å². The fourth-order valence-electron chi connectivity index (χ4n) is 2.21. The number of halogens is 1. The quantitative estimate of drug-likeness (QED) is 0.799. The molecule has 1 aliphatic rings. The molecule has 0 unspecified atom stereocenters. The molecule has 1 heterocycles. The van der Waals surface area contributed by atoms with Crippen LogP contribution in [0, 0.1) is 0 Å². The van der Waals surface area contributed by atoms with Gasteiger partial charge in [0, 0.05) is 23.1 Å². The Morgan fingerprint density at radius 1 is 1.37 bits per heavy atom. The maximum Gasteiger partial charge on any atom is 0.306 e. The molecule has 0 radical (unpaired) electrons. The maximum absolute atomic E-state index is 12.1. The summed E-state index contributed by atoms with van der Waals surface area (Å²) in [6.07, 6.45) is 1.21. The number of carbonyl (C=O) groups excluding carboxylic acids is 2. The molecule has 19 heavy (non-hydrogen) atoms. The number of hydrogen-bond acceptors (Lipinski definition) is 3. The van der Waals surface area contributed by atoms with E-state index in [2.05, 4.69) is 15.9 Å². The van der Waals surface area contributed by atoms with Crippen molar-refractivity contribution >= 4 is 33.5 Å². The lowest BCUT2D eigenvalue weighted by Gasteiger charge is -2.17. The van der Waals surface area contributed by atoms with E-state index in [1.165, 1.54) is 5.56 Å². The van der Waals surface area contributed by atoms with Gasteiger partial charge in [0.15, 0.2) is 0 Å². The van der Waals surface area contributed by atoms with Gasteiger partial charge in [-0.05, 0) is 37.1 Å². The Bertz CT molecular complexity index is 501. The summed E-state index contributed by atoms with van der Waals surface area (Å²) in [6, 6.07) is 5.90. The second-order valence-corrected chi connectivity index (χ2v) is 5.29. The van der Waals surface area contributed by atoms with Crippen molar-refractivity contribution in [3.63, 3.8) is 0 Å². The smallest absolute Gasteiger partial charge is 0.306 e. The van der Waals surface area contributed by atoms with E-state index in [4.69, 9.17) is 4.74 Å². The molecule has 2 rings (SSSR count). The van der Waals surface area contributed by atoms with Gasteiger partial charge in [-0.2, -0.15) is 0 Å². The van der Waals surface area contributed by atoms with Crippen LogP contribution in [0.2, 0.25) is 0 Å². The first-order valence-corrected chi connectivity index (χ1v) is 7.15. The largest absolute Gasteiger partial charge is 0.466 e. The number of fused-ring (bicyclic) bond motifs is 1. The molecule has 0 fully saturated rings. The number of rotatable bonds is 4. The number of hydrogen-bond donors (Lipinski definition) is 0. The molecular weight excluding hydrogens is 310 g/mol. The maximum atomic E-state index is 12.1. The van der Waals surface area contributed by atoms with Crippen LogP contribution in [0.15, 0.2) is 22.7 Å². The van der Waals surface area contributed by atoms with Crippen LogP contribution in [0.4, 0.5) is 5.69 Å². The van der Waals surface area contributed by atoms with E-state index in [1.54, 1.807) is 11.8 Å². The normalized spacial score (nSPS) is 13.3. The van der Waals surface area contributed by atoms with Crippen LogP contribution >= 0.6 is 15.9 Å². The molecule has 0 N–H and O–H groups in total. The van der Waals surface area contributed by atoms with E-state index >= 15 is 0 Å². The Kier molecular flexibility index (Phi) is 4.58. The summed E-state index contributed by atoms with van der Waals surface area (Å²) in [5.41, 5.74) is 2.12. The van der Waals surface area contributed by atoms with Gasteiger partial charge >= 0.3 is 5.97 Å². The minimum atomic E-state index is -0.314. The van der Waals surface area contributed by atoms with Crippen molar-refractivity contribution in [3.8, 4) is 0 Å². The van der Waals surface area contributed by atoms with Crippen molar-refractivity contribution < 1.29 is 14.3 Å². The predicted octanol–water partition coefficient (Wildman–Crippen LogP) is 2.68. The highest BCUT2D eigenvalue weighted by Gasteiger charge is 2.24. The monoisotopic (exact) mass is 325 g/mol. The molecule has 0 saturated heterocycles. The van der Waals surface area contributed by atoms with Gasteiger partial charge in [0.2, 0.25) is 5.91 Å². The molecule has 0 saturated carbocycles. The summed E-state index contributed by atoms with van der Waals surface area (Å²) in [7, 11) is 0. The van der Waals surface area contributed by atoms with Crippen LogP contribution in [0.1, 0.15) is 25.3 Å². The fraction of sp³-hybridized carbons (Fsp3) is 0.429. The lowest BCUT2D eigenvalue weighted by Crippen LogP contribution is -2.29. The number of benzene rings is 1. The number of nitrogens with zero attached hydrogens (tertiary/aromatic N) is 1. The highest BCUT2D eigenvalue weighted by atomic mass is 79.9. The second-order valence-electron chi connectivity index (χ2n) is 4.37. The van der Waals surface area contributed by atoms with E-state index in [-0.39, 0.29) is 24.7 Å². The number of anilines is 1. The Labute approximate surface area is 120 Å². The lowest BCUT2D eigenvalue weighted by molar-refractivity contribution is -0.144. The Morgan fingerprint density at radius 2 is 2.16 bits per heavy atom. The zero-order valence-corrected chi connectivity index (χ0v) is 12.4. The third-order valence-corrected chi connectivity index (χ3v) is 3.58. The average Bonchev–Trinajstić information content (AvgIpc) is 2.79. The zero-order chi connectivity index (χ0) is 13.8. The second kappa shape index (κ2) is 6.19. The zero-order valence-electron chi connectivity index (χ0n) is 10.8. The van der Waals surface area contributed by atoms with E-state index in [0.29, 0.717) is 13.2 Å². The summed E-state index contributed by atoms with van der Waals surface area (Å²) in [5.74, 6) is -0.333. The molecule has 1 aromatic carbocycles. The van der Waals surface area contributed by atoms with Crippen molar-refractivity contribution in [1.82, 2.24) is 0 Å². The van der Waals surface area contributed by atoms with E-state index in [1.807, 2.05) is 18.2 Å². The molecule has 0 spiro atoms. The third kappa shape index (κ3) is 3.35. The molecular formula is C14H16BrNO3. The molecule has 1 aromatic rings. The van der Waals surface area contributed by atoms with Gasteiger partial charge in [-0.25, -0.2) is 0 Å². The summed E-state index contributed by atoms with van der Waals surface area (Å²) < 4.78 is 5.84. The number of esters is 1. The fourth-order valence-corrected chi connectivity index (χ4v) is 2.62. The van der Waals surface area contributed by atoms with Gasteiger partial charge < -0.3 is 9.64 Å². The van der Waals surface area contributed by atoms with Crippen LogP contribution < -0.4 is 4.90 Å². The molecule has 0 aromatic heterocycles. The SMILES string of the molecule is CCOC(=O)CCC(=O)N1CCc2cc(Br)ccc21. The molecule has 0 atom stereocenters. The van der Waals surface area contributed by atoms with Gasteiger partial charge in [-0.15, -0.1) is 0 Å². The minimum absolute atomic E-state index is 0.0193. The van der Waals surface area contributed by atoms with Crippen molar-refractivity contribution in [1.29, 1.82) is 0 Å². The van der Waals surface area contributed by atoms with Crippen LogP contribution in [0.3, 0.4) is 0 Å². The standard InChI is InChI=1S/C14H16BrNO3/c1-2-19-14(18)6-5-13(17)16-8-7-10-9-11(15)3-4-12(10)16/h3-4,9H,2,5-8H2,1H3. The van der Waals surface area contributed by atoms with Gasteiger partial charge in [0.25, 0.3) is 0 Å². The lowest BCUT2D eigenvalue weighted by atomic mass is 10.2. The molecule has 4 nitrogen and oxygen atoms in total. The number of carbonyl (C=O) groups is 2. The molecule has 102 valence electrons. The molecule has 0 aliphatic carbocycles. The first-order chi connectivity index (χ1) is 9.11. The molecule has 1 aliphatic heterocycles. The van der Waals surface area contributed by atoms with Crippen LogP contribution in [0.25, 0.3) is 0 Å². The van der Waals surface area contributed by atoms with Crippen LogP contribution in [0.5, 0.6) is 0 Å². The molecule has 5 heteroatoms. The molecule has 0 bridgehead atoms. The summed E-state index contributed by atoms with van der Waals surface area (Å²) in [4.78, 5) is 25.1. The van der Waals surface area contributed by atoms with E-state index < -0.39 is 0 Å². The Morgan fingerprint density at radius 3 is 2.89 bits per heavy atom. The Balaban J connectivity index is 1.97. The summed E-state index contributed by atoms with van der Waals surface area (Å²) in [6.45, 7) is 2.80. The summed E-state index contributed by atoms with van der Waals surface area (Å²) >= 11 is 3.42. The average molecular weight is 326 g/mol. The molecule has 1 amide bonds. The van der Waals surface area contributed by atoms with Crippen molar-refractivity contribution in [2.75, 3.05) is 18.1 Å². The van der Waals surface area contributed by atoms with Gasteiger partial charge in [-0.1, -0.05) is 15.9 Å². The van der Waals surface area contributed by atoms with Crippen LogP contribution in [-0.2, 0) is 20.7 Å².